The SMILES string of the molecule is CC1(C(=O)N2CCOC(C(=O)O)C2)COCC1N. The van der Waals surface area contributed by atoms with Crippen LogP contribution < -0.4 is 5.73 Å². The lowest BCUT2D eigenvalue weighted by atomic mass is 9.84. The maximum Gasteiger partial charge on any atom is 0.334 e. The molecular formula is C11H18N2O5. The van der Waals surface area contributed by atoms with Crippen molar-refractivity contribution in [1.29, 1.82) is 0 Å². The van der Waals surface area contributed by atoms with Gasteiger partial charge >= 0.3 is 5.97 Å². The van der Waals surface area contributed by atoms with Crippen molar-refractivity contribution in [3.63, 3.8) is 0 Å². The van der Waals surface area contributed by atoms with Crippen molar-refractivity contribution in [1.82, 2.24) is 4.90 Å². The third-order valence-electron chi connectivity index (χ3n) is 3.64. The van der Waals surface area contributed by atoms with E-state index in [0.717, 1.165) is 0 Å². The van der Waals surface area contributed by atoms with E-state index in [0.29, 0.717) is 13.2 Å². The van der Waals surface area contributed by atoms with Crippen LogP contribution >= 0.6 is 0 Å². The van der Waals surface area contributed by atoms with E-state index in [1.807, 2.05) is 0 Å². The highest BCUT2D eigenvalue weighted by Gasteiger charge is 2.47. The smallest absolute Gasteiger partial charge is 0.334 e. The Morgan fingerprint density at radius 3 is 2.78 bits per heavy atom. The molecule has 2 aliphatic rings. The molecule has 3 unspecified atom stereocenters. The molecule has 1 amide bonds. The molecule has 3 atom stereocenters. The van der Waals surface area contributed by atoms with Crippen LogP contribution in [0.3, 0.4) is 0 Å². The number of nitrogens with two attached hydrogens (primary N) is 1. The highest BCUT2D eigenvalue weighted by Crippen LogP contribution is 2.30. The number of hydrogen-bond donors (Lipinski definition) is 2. The van der Waals surface area contributed by atoms with Crippen LogP contribution in [0.1, 0.15) is 6.92 Å². The average Bonchev–Trinajstić information content (AvgIpc) is 2.70. The number of carboxylic acid groups (broad SMARTS) is 1. The molecule has 2 saturated heterocycles. The first-order valence-electron chi connectivity index (χ1n) is 5.92. The molecule has 0 aliphatic carbocycles. The molecule has 0 aromatic rings. The maximum absolute atomic E-state index is 12.4. The number of morpholine rings is 1. The summed E-state index contributed by atoms with van der Waals surface area (Å²) in [5, 5.41) is 8.91. The van der Waals surface area contributed by atoms with Gasteiger partial charge in [-0.3, -0.25) is 4.79 Å². The molecule has 7 nitrogen and oxygen atoms in total. The molecule has 2 heterocycles. The number of rotatable bonds is 2. The fourth-order valence-corrected chi connectivity index (χ4v) is 2.25. The molecule has 18 heavy (non-hydrogen) atoms. The van der Waals surface area contributed by atoms with E-state index in [-0.39, 0.29) is 31.7 Å². The summed E-state index contributed by atoms with van der Waals surface area (Å²) in [5.74, 6) is -1.20. The second kappa shape index (κ2) is 4.83. The number of carboxylic acids is 1. The molecule has 0 radical (unpaired) electrons. The lowest BCUT2D eigenvalue weighted by molar-refractivity contribution is -0.162. The second-order valence-electron chi connectivity index (χ2n) is 4.99. The summed E-state index contributed by atoms with van der Waals surface area (Å²) in [6.07, 6.45) is -0.954. The lowest BCUT2D eigenvalue weighted by Gasteiger charge is -2.37. The van der Waals surface area contributed by atoms with Gasteiger partial charge in [-0.1, -0.05) is 0 Å². The van der Waals surface area contributed by atoms with E-state index in [1.54, 1.807) is 6.92 Å². The number of nitrogens with zero attached hydrogens (tertiary/aromatic N) is 1. The van der Waals surface area contributed by atoms with Gasteiger partial charge in [-0.15, -0.1) is 0 Å². The molecule has 0 spiro atoms. The molecule has 102 valence electrons. The summed E-state index contributed by atoms with van der Waals surface area (Å²) in [6, 6.07) is -0.351. The number of ether oxygens (including phenoxy) is 2. The van der Waals surface area contributed by atoms with E-state index in [4.69, 9.17) is 20.3 Å². The van der Waals surface area contributed by atoms with Crippen molar-refractivity contribution in [3.8, 4) is 0 Å². The standard InChI is InChI=1S/C11H18N2O5/c1-11(6-17-5-8(11)12)10(16)13-2-3-18-7(4-13)9(14)15/h7-8H,2-6,12H2,1H3,(H,14,15). The van der Waals surface area contributed by atoms with Crippen molar-refractivity contribution < 1.29 is 24.2 Å². The molecule has 0 aromatic carbocycles. The lowest BCUT2D eigenvalue weighted by Crippen LogP contribution is -2.56. The predicted octanol–water partition coefficient (Wildman–Crippen LogP) is -1.34. The van der Waals surface area contributed by atoms with Crippen LogP contribution in [-0.2, 0) is 19.1 Å². The fourth-order valence-electron chi connectivity index (χ4n) is 2.25. The Morgan fingerprint density at radius 2 is 2.22 bits per heavy atom. The number of hydrogen-bond acceptors (Lipinski definition) is 5. The van der Waals surface area contributed by atoms with Crippen molar-refractivity contribution in [2.75, 3.05) is 32.9 Å². The van der Waals surface area contributed by atoms with Crippen molar-refractivity contribution >= 4 is 11.9 Å². The molecule has 3 N–H and O–H groups in total. The number of carbonyl (C=O) groups is 2. The van der Waals surface area contributed by atoms with Crippen LogP contribution in [0, 0.1) is 5.41 Å². The summed E-state index contributed by atoms with van der Waals surface area (Å²) in [7, 11) is 0. The van der Waals surface area contributed by atoms with Crippen LogP contribution in [-0.4, -0.2) is 66.9 Å². The molecule has 0 saturated carbocycles. The summed E-state index contributed by atoms with van der Waals surface area (Å²) in [6.45, 7) is 3.09. The number of carbonyl (C=O) groups excluding carboxylic acids is 1. The van der Waals surface area contributed by atoms with Crippen LogP contribution in [0.5, 0.6) is 0 Å². The first-order valence-corrected chi connectivity index (χ1v) is 5.92. The van der Waals surface area contributed by atoms with Gasteiger partial charge in [0.15, 0.2) is 6.10 Å². The topological polar surface area (TPSA) is 102 Å². The first kappa shape index (κ1) is 13.3. The van der Waals surface area contributed by atoms with Gasteiger partial charge in [0.1, 0.15) is 0 Å². The van der Waals surface area contributed by atoms with Gasteiger partial charge in [0.25, 0.3) is 0 Å². The third kappa shape index (κ3) is 2.21. The fraction of sp³-hybridized carbons (Fsp3) is 0.818. The molecule has 2 rings (SSSR count). The highest BCUT2D eigenvalue weighted by atomic mass is 16.5. The zero-order valence-electron chi connectivity index (χ0n) is 10.3. The second-order valence-corrected chi connectivity index (χ2v) is 4.99. The quantitative estimate of drug-likeness (QED) is 0.635. The van der Waals surface area contributed by atoms with Gasteiger partial charge in [-0.05, 0) is 6.92 Å². The maximum atomic E-state index is 12.4. The van der Waals surface area contributed by atoms with Gasteiger partial charge in [0.2, 0.25) is 5.91 Å². The number of amides is 1. The first-order chi connectivity index (χ1) is 8.45. The Labute approximate surface area is 105 Å². The van der Waals surface area contributed by atoms with E-state index < -0.39 is 17.5 Å². The van der Waals surface area contributed by atoms with E-state index >= 15 is 0 Å². The minimum Gasteiger partial charge on any atom is -0.479 e. The normalized spacial score (nSPS) is 36.7. The Kier molecular flexibility index (Phi) is 3.56. The van der Waals surface area contributed by atoms with Crippen LogP contribution in [0.25, 0.3) is 0 Å². The van der Waals surface area contributed by atoms with E-state index in [1.165, 1.54) is 4.90 Å². The molecule has 0 bridgehead atoms. The molecular weight excluding hydrogens is 240 g/mol. The van der Waals surface area contributed by atoms with Crippen molar-refractivity contribution in [2.24, 2.45) is 11.1 Å². The number of aliphatic carboxylic acids is 1. The van der Waals surface area contributed by atoms with Gasteiger partial charge in [-0.2, -0.15) is 0 Å². The largest absolute Gasteiger partial charge is 0.479 e. The molecule has 2 aliphatic heterocycles. The zero-order valence-corrected chi connectivity index (χ0v) is 10.3. The van der Waals surface area contributed by atoms with E-state index in [9.17, 15) is 9.59 Å². The molecule has 0 aromatic heterocycles. The zero-order chi connectivity index (χ0) is 13.3. The minimum atomic E-state index is -1.05. The Bertz CT molecular complexity index is 361. The van der Waals surface area contributed by atoms with Gasteiger partial charge in [0, 0.05) is 12.6 Å². The van der Waals surface area contributed by atoms with Crippen molar-refractivity contribution in [3.05, 3.63) is 0 Å². The van der Waals surface area contributed by atoms with Crippen molar-refractivity contribution in [2.45, 2.75) is 19.1 Å². The van der Waals surface area contributed by atoms with Gasteiger partial charge in [-0.25, -0.2) is 4.79 Å². The molecule has 2 fully saturated rings. The predicted molar refractivity (Wildman–Crippen MR) is 60.9 cm³/mol. The Morgan fingerprint density at radius 1 is 1.50 bits per heavy atom. The molecule has 7 heteroatoms. The van der Waals surface area contributed by atoms with E-state index in [2.05, 4.69) is 0 Å². The summed E-state index contributed by atoms with van der Waals surface area (Å²) < 4.78 is 10.3. The monoisotopic (exact) mass is 258 g/mol. The Hall–Kier alpha value is -1.18. The third-order valence-corrected chi connectivity index (χ3v) is 3.64. The minimum absolute atomic E-state index is 0.0659. The average molecular weight is 258 g/mol. The van der Waals surface area contributed by atoms with Crippen LogP contribution in [0.2, 0.25) is 0 Å². The highest BCUT2D eigenvalue weighted by molar-refractivity contribution is 5.84. The Balaban J connectivity index is 2.07. The summed E-state index contributed by atoms with van der Waals surface area (Å²) in [4.78, 5) is 24.8. The van der Waals surface area contributed by atoms with Gasteiger partial charge < -0.3 is 25.2 Å². The van der Waals surface area contributed by atoms with Crippen LogP contribution in [0.15, 0.2) is 0 Å². The van der Waals surface area contributed by atoms with Gasteiger partial charge in [0.05, 0.1) is 31.8 Å². The summed E-state index contributed by atoms with van der Waals surface area (Å²) >= 11 is 0. The summed E-state index contributed by atoms with van der Waals surface area (Å²) in [5.41, 5.74) is 5.13. The van der Waals surface area contributed by atoms with Crippen LogP contribution in [0.4, 0.5) is 0 Å².